The third-order valence-electron chi connectivity index (χ3n) is 3.88. The summed E-state index contributed by atoms with van der Waals surface area (Å²) in [5, 5.41) is 8.84. The summed E-state index contributed by atoms with van der Waals surface area (Å²) in [6, 6.07) is 5.39. The lowest BCUT2D eigenvalue weighted by atomic mass is 10.1. The Morgan fingerprint density at radius 2 is 2.04 bits per heavy atom. The molecule has 2 rings (SSSR count). The maximum Gasteiger partial charge on any atom is 0.216 e. The predicted molar refractivity (Wildman–Crippen MR) is 86.6 cm³/mol. The van der Waals surface area contributed by atoms with E-state index in [1.165, 1.54) is 18.6 Å². The van der Waals surface area contributed by atoms with Crippen LogP contribution in [-0.4, -0.2) is 39.0 Å². The van der Waals surface area contributed by atoms with Crippen molar-refractivity contribution in [1.29, 1.82) is 5.26 Å². The number of benzene rings is 1. The second kappa shape index (κ2) is 7.86. The molecule has 0 unspecified atom stereocenters. The van der Waals surface area contributed by atoms with Gasteiger partial charge in [0.1, 0.15) is 5.82 Å². The van der Waals surface area contributed by atoms with E-state index in [1.807, 2.05) is 13.0 Å². The van der Waals surface area contributed by atoms with Crippen LogP contribution >= 0.6 is 0 Å². The molecule has 1 aromatic carbocycles. The van der Waals surface area contributed by atoms with Crippen molar-refractivity contribution in [3.63, 3.8) is 0 Å². The minimum absolute atomic E-state index is 0.0155. The molecule has 1 N–H and O–H groups in total. The Morgan fingerprint density at radius 3 is 2.70 bits per heavy atom. The van der Waals surface area contributed by atoms with Crippen molar-refractivity contribution < 1.29 is 12.8 Å². The highest BCUT2D eigenvalue weighted by Crippen LogP contribution is 2.14. The lowest BCUT2D eigenvalue weighted by molar-refractivity contribution is 0.215. The van der Waals surface area contributed by atoms with E-state index in [4.69, 9.17) is 5.26 Å². The molecule has 0 radical (unpaired) electrons. The lowest BCUT2D eigenvalue weighted by Gasteiger charge is -2.29. The average molecular weight is 339 g/mol. The number of nitrogens with one attached hydrogen (secondary N) is 1. The van der Waals surface area contributed by atoms with Gasteiger partial charge in [-0.25, -0.2) is 17.5 Å². The normalized spacial score (nSPS) is 17.6. The fraction of sp³-hybridized carbons (Fsp3) is 0.562. The smallest absolute Gasteiger partial charge is 0.216 e. The fourth-order valence-electron chi connectivity index (χ4n) is 2.87. The largest absolute Gasteiger partial charge is 0.302 e. The predicted octanol–water partition coefficient (Wildman–Crippen LogP) is 1.99. The van der Waals surface area contributed by atoms with Gasteiger partial charge in [-0.15, -0.1) is 0 Å². The Balaban J connectivity index is 1.97. The molecule has 23 heavy (non-hydrogen) atoms. The Kier molecular flexibility index (Phi) is 6.10. The van der Waals surface area contributed by atoms with Gasteiger partial charge in [-0.05, 0) is 51.1 Å². The number of sulfonamides is 1. The van der Waals surface area contributed by atoms with E-state index in [0.717, 1.165) is 32.0 Å². The highest BCUT2D eigenvalue weighted by atomic mass is 32.2. The molecule has 0 amide bonds. The summed E-state index contributed by atoms with van der Waals surface area (Å²) in [6.45, 7) is 4.45. The van der Waals surface area contributed by atoms with Crippen molar-refractivity contribution in [2.45, 2.75) is 38.0 Å². The summed E-state index contributed by atoms with van der Waals surface area (Å²) in [5.41, 5.74) is 0.264. The van der Waals surface area contributed by atoms with Crippen LogP contribution in [0.15, 0.2) is 18.2 Å². The number of hydrogen-bond acceptors (Lipinski definition) is 4. The summed E-state index contributed by atoms with van der Waals surface area (Å²) in [4.78, 5) is 2.24. The van der Waals surface area contributed by atoms with Crippen molar-refractivity contribution in [2.75, 3.05) is 19.6 Å². The van der Waals surface area contributed by atoms with Gasteiger partial charge in [0.2, 0.25) is 10.0 Å². The molecule has 7 heteroatoms. The van der Waals surface area contributed by atoms with E-state index in [0.29, 0.717) is 6.54 Å². The Morgan fingerprint density at radius 1 is 1.35 bits per heavy atom. The molecule has 1 saturated heterocycles. The van der Waals surface area contributed by atoms with Crippen LogP contribution in [-0.2, 0) is 15.8 Å². The average Bonchev–Trinajstić information content (AvgIpc) is 2.49. The SMILES string of the molecule is C[C@H](CN1CCCCC1)NS(=O)(=O)Cc1cc(C#N)ccc1F. The first-order valence-electron chi connectivity index (χ1n) is 7.80. The maximum absolute atomic E-state index is 13.7. The molecule has 0 bridgehead atoms. The minimum atomic E-state index is -3.66. The first-order valence-corrected chi connectivity index (χ1v) is 9.46. The summed E-state index contributed by atoms with van der Waals surface area (Å²) < 4.78 is 40.8. The van der Waals surface area contributed by atoms with Crippen LogP contribution in [0.3, 0.4) is 0 Å². The van der Waals surface area contributed by atoms with E-state index in [9.17, 15) is 12.8 Å². The number of piperidine rings is 1. The molecule has 1 aliphatic heterocycles. The van der Waals surface area contributed by atoms with E-state index in [2.05, 4.69) is 9.62 Å². The fourth-order valence-corrected chi connectivity index (χ4v) is 4.28. The summed E-state index contributed by atoms with van der Waals surface area (Å²) in [7, 11) is -3.66. The van der Waals surface area contributed by atoms with Gasteiger partial charge in [-0.3, -0.25) is 0 Å². The maximum atomic E-state index is 13.7. The first kappa shape index (κ1) is 17.9. The van der Waals surface area contributed by atoms with Gasteiger partial charge >= 0.3 is 0 Å². The van der Waals surface area contributed by atoms with Crippen LogP contribution in [0.1, 0.15) is 37.3 Å². The monoisotopic (exact) mass is 339 g/mol. The minimum Gasteiger partial charge on any atom is -0.302 e. The molecule has 126 valence electrons. The third kappa shape index (κ3) is 5.57. The van der Waals surface area contributed by atoms with E-state index < -0.39 is 21.6 Å². The number of halogens is 1. The van der Waals surface area contributed by atoms with E-state index in [-0.39, 0.29) is 17.2 Å². The third-order valence-corrected chi connectivity index (χ3v) is 5.33. The molecule has 1 heterocycles. The zero-order valence-corrected chi connectivity index (χ0v) is 14.1. The van der Waals surface area contributed by atoms with E-state index >= 15 is 0 Å². The number of likely N-dealkylation sites (tertiary alicyclic amines) is 1. The zero-order valence-electron chi connectivity index (χ0n) is 13.3. The molecule has 0 aliphatic carbocycles. The second-order valence-corrected chi connectivity index (χ2v) is 7.81. The highest BCUT2D eigenvalue weighted by molar-refractivity contribution is 7.88. The Bertz CT molecular complexity index is 679. The van der Waals surface area contributed by atoms with Crippen LogP contribution in [0, 0.1) is 17.1 Å². The van der Waals surface area contributed by atoms with Crippen molar-refractivity contribution >= 4 is 10.0 Å². The molecule has 0 aromatic heterocycles. The quantitative estimate of drug-likeness (QED) is 0.860. The molecule has 1 fully saturated rings. The van der Waals surface area contributed by atoms with Crippen molar-refractivity contribution in [1.82, 2.24) is 9.62 Å². The Hall–Kier alpha value is -1.49. The molecule has 0 spiro atoms. The van der Waals surface area contributed by atoms with Crippen LogP contribution < -0.4 is 4.72 Å². The number of hydrogen-bond donors (Lipinski definition) is 1. The Labute approximate surface area is 137 Å². The zero-order chi connectivity index (χ0) is 16.9. The standard InChI is InChI=1S/C16H22FN3O2S/c1-13(11-20-7-3-2-4-8-20)19-23(21,22)12-15-9-14(10-18)5-6-16(15)17/h5-6,9,13,19H,2-4,7-8,11-12H2,1H3/t13-/m1/s1. The molecule has 1 atom stereocenters. The molecule has 0 saturated carbocycles. The van der Waals surface area contributed by atoms with Crippen LogP contribution in [0.5, 0.6) is 0 Å². The highest BCUT2D eigenvalue weighted by Gasteiger charge is 2.20. The van der Waals surface area contributed by atoms with Gasteiger partial charge < -0.3 is 4.90 Å². The molecular weight excluding hydrogens is 317 g/mol. The number of rotatable bonds is 6. The summed E-state index contributed by atoms with van der Waals surface area (Å²) >= 11 is 0. The van der Waals surface area contributed by atoms with Crippen molar-refractivity contribution in [3.8, 4) is 6.07 Å². The lowest BCUT2D eigenvalue weighted by Crippen LogP contribution is -2.44. The summed E-state index contributed by atoms with van der Waals surface area (Å²) in [6.07, 6.45) is 3.52. The number of nitriles is 1. The molecule has 1 aliphatic rings. The molecule has 1 aromatic rings. The van der Waals surface area contributed by atoms with Gasteiger partial charge in [-0.1, -0.05) is 6.42 Å². The van der Waals surface area contributed by atoms with Crippen LogP contribution in [0.4, 0.5) is 4.39 Å². The topological polar surface area (TPSA) is 73.2 Å². The van der Waals surface area contributed by atoms with Crippen molar-refractivity contribution in [2.24, 2.45) is 0 Å². The van der Waals surface area contributed by atoms with E-state index in [1.54, 1.807) is 0 Å². The molecule has 5 nitrogen and oxygen atoms in total. The summed E-state index contributed by atoms with van der Waals surface area (Å²) in [5.74, 6) is -1.07. The van der Waals surface area contributed by atoms with Crippen molar-refractivity contribution in [3.05, 3.63) is 35.1 Å². The van der Waals surface area contributed by atoms with Gasteiger partial charge in [0.05, 0.1) is 17.4 Å². The van der Waals surface area contributed by atoms with Gasteiger partial charge in [0.25, 0.3) is 0 Å². The van der Waals surface area contributed by atoms with Gasteiger partial charge in [0, 0.05) is 18.2 Å². The van der Waals surface area contributed by atoms with Crippen LogP contribution in [0.2, 0.25) is 0 Å². The number of nitrogens with zero attached hydrogens (tertiary/aromatic N) is 2. The first-order chi connectivity index (χ1) is 10.9. The van der Waals surface area contributed by atoms with Crippen LogP contribution in [0.25, 0.3) is 0 Å². The van der Waals surface area contributed by atoms with Gasteiger partial charge in [0.15, 0.2) is 0 Å². The second-order valence-electron chi connectivity index (χ2n) is 6.06. The molecular formula is C16H22FN3O2S. The van der Waals surface area contributed by atoms with Gasteiger partial charge in [-0.2, -0.15) is 5.26 Å².